The van der Waals surface area contributed by atoms with Crippen molar-refractivity contribution in [2.24, 2.45) is 0 Å². The van der Waals surface area contributed by atoms with Gasteiger partial charge in [0, 0.05) is 6.54 Å². The third-order valence-electron chi connectivity index (χ3n) is 2.87. The molecule has 0 radical (unpaired) electrons. The van der Waals surface area contributed by atoms with Gasteiger partial charge >= 0.3 is 5.97 Å². The molecule has 4 nitrogen and oxygen atoms in total. The Hall–Kier alpha value is -1.84. The SMILES string of the molecule is CCCCc1ccc(CC(=O)NCCC(=O)O)cc1. The minimum atomic E-state index is -0.902. The van der Waals surface area contributed by atoms with Gasteiger partial charge in [-0.15, -0.1) is 0 Å². The molecule has 0 saturated carbocycles. The number of nitrogens with one attached hydrogen (secondary N) is 1. The number of aliphatic carboxylic acids is 1. The highest BCUT2D eigenvalue weighted by molar-refractivity contribution is 5.79. The van der Waals surface area contributed by atoms with Crippen molar-refractivity contribution in [3.8, 4) is 0 Å². The van der Waals surface area contributed by atoms with Gasteiger partial charge in [-0.1, -0.05) is 37.6 Å². The molecule has 0 unspecified atom stereocenters. The summed E-state index contributed by atoms with van der Waals surface area (Å²) >= 11 is 0. The van der Waals surface area contributed by atoms with Crippen LogP contribution < -0.4 is 5.32 Å². The van der Waals surface area contributed by atoms with E-state index in [4.69, 9.17) is 5.11 Å². The van der Waals surface area contributed by atoms with Crippen molar-refractivity contribution in [3.63, 3.8) is 0 Å². The Morgan fingerprint density at radius 2 is 1.79 bits per heavy atom. The quantitative estimate of drug-likeness (QED) is 0.755. The van der Waals surface area contributed by atoms with E-state index in [1.807, 2.05) is 12.1 Å². The van der Waals surface area contributed by atoms with Gasteiger partial charge in [0.25, 0.3) is 0 Å². The van der Waals surface area contributed by atoms with Crippen LogP contribution in [0, 0.1) is 0 Å². The summed E-state index contributed by atoms with van der Waals surface area (Å²) in [5.41, 5.74) is 2.24. The normalized spacial score (nSPS) is 10.2. The molecule has 1 amide bonds. The highest BCUT2D eigenvalue weighted by atomic mass is 16.4. The van der Waals surface area contributed by atoms with Crippen molar-refractivity contribution in [1.29, 1.82) is 0 Å². The van der Waals surface area contributed by atoms with Crippen LogP contribution in [0.4, 0.5) is 0 Å². The molecule has 0 saturated heterocycles. The van der Waals surface area contributed by atoms with Crippen LogP contribution in [-0.2, 0) is 22.4 Å². The number of unbranched alkanes of at least 4 members (excludes halogenated alkanes) is 1. The molecule has 0 atom stereocenters. The van der Waals surface area contributed by atoms with Gasteiger partial charge in [0.05, 0.1) is 12.8 Å². The van der Waals surface area contributed by atoms with Crippen molar-refractivity contribution >= 4 is 11.9 Å². The van der Waals surface area contributed by atoms with Gasteiger partial charge in [0.15, 0.2) is 0 Å². The number of rotatable bonds is 8. The number of carboxylic acids is 1. The lowest BCUT2D eigenvalue weighted by molar-refractivity contribution is -0.136. The zero-order valence-corrected chi connectivity index (χ0v) is 11.3. The number of hydrogen-bond acceptors (Lipinski definition) is 2. The van der Waals surface area contributed by atoms with Crippen LogP contribution in [0.2, 0.25) is 0 Å². The first-order valence-corrected chi connectivity index (χ1v) is 6.68. The first kappa shape index (κ1) is 15.2. The smallest absolute Gasteiger partial charge is 0.305 e. The molecule has 1 rings (SSSR count). The number of carbonyl (C=O) groups excluding carboxylic acids is 1. The summed E-state index contributed by atoms with van der Waals surface area (Å²) in [5, 5.41) is 11.1. The fourth-order valence-electron chi connectivity index (χ4n) is 1.76. The molecule has 0 spiro atoms. The highest BCUT2D eigenvalue weighted by Crippen LogP contribution is 2.08. The molecule has 0 heterocycles. The molecule has 0 aliphatic heterocycles. The molecule has 0 aliphatic carbocycles. The van der Waals surface area contributed by atoms with Gasteiger partial charge in [-0.2, -0.15) is 0 Å². The summed E-state index contributed by atoms with van der Waals surface area (Å²) in [5.74, 6) is -1.04. The lowest BCUT2D eigenvalue weighted by Gasteiger charge is -2.05. The van der Waals surface area contributed by atoms with Crippen molar-refractivity contribution in [3.05, 3.63) is 35.4 Å². The van der Waals surface area contributed by atoms with Crippen LogP contribution in [0.25, 0.3) is 0 Å². The Balaban J connectivity index is 2.35. The van der Waals surface area contributed by atoms with E-state index in [1.165, 1.54) is 18.4 Å². The van der Waals surface area contributed by atoms with Crippen LogP contribution in [0.15, 0.2) is 24.3 Å². The Morgan fingerprint density at radius 1 is 1.16 bits per heavy atom. The molecule has 19 heavy (non-hydrogen) atoms. The lowest BCUT2D eigenvalue weighted by atomic mass is 10.0. The van der Waals surface area contributed by atoms with E-state index in [9.17, 15) is 9.59 Å². The summed E-state index contributed by atoms with van der Waals surface area (Å²) in [6, 6.07) is 8.02. The Morgan fingerprint density at radius 3 is 2.37 bits per heavy atom. The number of carboxylic acid groups (broad SMARTS) is 1. The maximum atomic E-state index is 11.5. The molecule has 0 fully saturated rings. The van der Waals surface area contributed by atoms with Crippen LogP contribution in [0.1, 0.15) is 37.3 Å². The number of carbonyl (C=O) groups is 2. The Labute approximate surface area is 113 Å². The molecular formula is C15H21NO3. The molecule has 1 aromatic rings. The fraction of sp³-hybridized carbons (Fsp3) is 0.467. The van der Waals surface area contributed by atoms with Crippen molar-refractivity contribution < 1.29 is 14.7 Å². The first-order valence-electron chi connectivity index (χ1n) is 6.68. The number of amides is 1. The van der Waals surface area contributed by atoms with Crippen LogP contribution in [0.5, 0.6) is 0 Å². The maximum absolute atomic E-state index is 11.5. The monoisotopic (exact) mass is 263 g/mol. The summed E-state index contributed by atoms with van der Waals surface area (Å²) < 4.78 is 0. The third kappa shape index (κ3) is 6.60. The van der Waals surface area contributed by atoms with Crippen molar-refractivity contribution in [2.75, 3.05) is 6.54 Å². The van der Waals surface area contributed by atoms with Crippen molar-refractivity contribution in [1.82, 2.24) is 5.32 Å². The number of benzene rings is 1. The van der Waals surface area contributed by atoms with E-state index in [-0.39, 0.29) is 18.9 Å². The summed E-state index contributed by atoms with van der Waals surface area (Å²) in [7, 11) is 0. The summed E-state index contributed by atoms with van der Waals surface area (Å²) in [6.07, 6.45) is 3.68. The zero-order valence-electron chi connectivity index (χ0n) is 11.3. The molecular weight excluding hydrogens is 242 g/mol. The number of hydrogen-bond donors (Lipinski definition) is 2. The molecule has 4 heteroatoms. The summed E-state index contributed by atoms with van der Waals surface area (Å²) in [6.45, 7) is 2.35. The first-order chi connectivity index (χ1) is 9.11. The van der Waals surface area contributed by atoms with Crippen LogP contribution in [0.3, 0.4) is 0 Å². The third-order valence-corrected chi connectivity index (χ3v) is 2.87. The van der Waals surface area contributed by atoms with E-state index >= 15 is 0 Å². The molecule has 0 aliphatic rings. The topological polar surface area (TPSA) is 66.4 Å². The average Bonchev–Trinajstić information content (AvgIpc) is 2.37. The van der Waals surface area contributed by atoms with E-state index in [0.717, 1.165) is 12.0 Å². The van der Waals surface area contributed by atoms with E-state index in [0.29, 0.717) is 6.42 Å². The Kier molecular flexibility index (Phi) is 6.64. The van der Waals surface area contributed by atoms with Gasteiger partial charge in [0.2, 0.25) is 5.91 Å². The van der Waals surface area contributed by atoms with Gasteiger partial charge in [-0.25, -0.2) is 0 Å². The average molecular weight is 263 g/mol. The zero-order chi connectivity index (χ0) is 14.1. The van der Waals surface area contributed by atoms with E-state index < -0.39 is 5.97 Å². The predicted octanol–water partition coefficient (Wildman–Crippen LogP) is 2.16. The second kappa shape index (κ2) is 8.29. The van der Waals surface area contributed by atoms with Crippen LogP contribution in [-0.4, -0.2) is 23.5 Å². The van der Waals surface area contributed by atoms with Gasteiger partial charge < -0.3 is 10.4 Å². The molecule has 104 valence electrons. The minimum Gasteiger partial charge on any atom is -0.481 e. The van der Waals surface area contributed by atoms with E-state index in [1.54, 1.807) is 0 Å². The maximum Gasteiger partial charge on any atom is 0.305 e. The standard InChI is InChI=1S/C15H21NO3/c1-2-3-4-12-5-7-13(8-6-12)11-14(17)16-10-9-15(18)19/h5-8H,2-4,9-11H2,1H3,(H,16,17)(H,18,19). The van der Waals surface area contributed by atoms with Crippen LogP contribution >= 0.6 is 0 Å². The largest absolute Gasteiger partial charge is 0.481 e. The molecule has 0 bridgehead atoms. The number of aryl methyl sites for hydroxylation is 1. The fourth-order valence-corrected chi connectivity index (χ4v) is 1.76. The van der Waals surface area contributed by atoms with Gasteiger partial charge in [-0.05, 0) is 24.0 Å². The second-order valence-corrected chi connectivity index (χ2v) is 4.59. The Bertz CT molecular complexity index is 412. The highest BCUT2D eigenvalue weighted by Gasteiger charge is 2.04. The predicted molar refractivity (Wildman–Crippen MR) is 74.0 cm³/mol. The minimum absolute atomic E-state index is 0.0400. The van der Waals surface area contributed by atoms with Gasteiger partial charge in [0.1, 0.15) is 0 Å². The van der Waals surface area contributed by atoms with Gasteiger partial charge in [-0.3, -0.25) is 9.59 Å². The lowest BCUT2D eigenvalue weighted by Crippen LogP contribution is -2.27. The van der Waals surface area contributed by atoms with Crippen molar-refractivity contribution in [2.45, 2.75) is 39.0 Å². The molecule has 0 aromatic heterocycles. The second-order valence-electron chi connectivity index (χ2n) is 4.59. The molecule has 1 aromatic carbocycles. The summed E-state index contributed by atoms with van der Waals surface area (Å²) in [4.78, 5) is 21.9. The molecule has 2 N–H and O–H groups in total. The van der Waals surface area contributed by atoms with E-state index in [2.05, 4.69) is 24.4 Å².